The van der Waals surface area contributed by atoms with Crippen molar-refractivity contribution in [1.82, 2.24) is 4.57 Å². The highest BCUT2D eigenvalue weighted by Crippen LogP contribution is 2.36. The Morgan fingerprint density at radius 2 is 2.26 bits per heavy atom. The van der Waals surface area contributed by atoms with Gasteiger partial charge < -0.3 is 14.0 Å². The molecule has 3 rings (SSSR count). The van der Waals surface area contributed by atoms with E-state index >= 15 is 0 Å². The van der Waals surface area contributed by atoms with Crippen molar-refractivity contribution in [1.29, 1.82) is 0 Å². The third kappa shape index (κ3) is 1.98. The molecule has 2 aromatic rings. The molecule has 0 saturated carbocycles. The average molecular weight is 274 g/mol. The van der Waals surface area contributed by atoms with E-state index in [2.05, 4.69) is 10.9 Å². The Balaban J connectivity index is 2.32. The lowest BCUT2D eigenvalue weighted by atomic mass is 10.3. The van der Waals surface area contributed by atoms with Crippen LogP contribution in [0.5, 0.6) is 11.5 Å². The maximum absolute atomic E-state index is 11.2. The molecule has 1 aliphatic heterocycles. The van der Waals surface area contributed by atoms with E-state index < -0.39 is 0 Å². The first-order valence-corrected chi connectivity index (χ1v) is 6.42. The zero-order valence-electron chi connectivity index (χ0n) is 10.2. The van der Waals surface area contributed by atoms with E-state index in [1.54, 1.807) is 0 Å². The molecule has 1 aromatic heterocycles. The summed E-state index contributed by atoms with van der Waals surface area (Å²) < 4.78 is 13.5. The smallest absolute Gasteiger partial charge is 0.245 e. The molecule has 0 atom stereocenters. The first-order chi connectivity index (χ1) is 9.19. The normalized spacial score (nSPS) is 13.8. The molecule has 2 heterocycles. The molecule has 0 N–H and O–H groups in total. The van der Waals surface area contributed by atoms with E-state index in [-0.39, 0.29) is 12.7 Å². The fraction of sp³-hybridized carbons (Fsp3) is 0.231. The molecular weight excluding hydrogens is 264 g/mol. The van der Waals surface area contributed by atoms with Gasteiger partial charge in [-0.15, -0.1) is 6.42 Å². The molecule has 0 aliphatic carbocycles. The van der Waals surface area contributed by atoms with Gasteiger partial charge in [-0.2, -0.15) is 4.99 Å². The van der Waals surface area contributed by atoms with Crippen LogP contribution in [0.2, 0.25) is 0 Å². The van der Waals surface area contributed by atoms with Crippen molar-refractivity contribution in [2.45, 2.75) is 13.5 Å². The largest absolute Gasteiger partial charge is 0.454 e. The van der Waals surface area contributed by atoms with Crippen LogP contribution in [0.15, 0.2) is 17.1 Å². The lowest BCUT2D eigenvalue weighted by Crippen LogP contribution is -2.15. The average Bonchev–Trinajstić information content (AvgIpc) is 2.92. The van der Waals surface area contributed by atoms with Crippen LogP contribution in [-0.4, -0.2) is 17.3 Å². The van der Waals surface area contributed by atoms with Gasteiger partial charge in [0, 0.05) is 19.1 Å². The fourth-order valence-electron chi connectivity index (χ4n) is 1.92. The SMILES string of the molecule is C#CCn1c(=NC(C)=O)sc2cc3c(cc21)OCO3. The lowest BCUT2D eigenvalue weighted by Gasteiger charge is -2.00. The van der Waals surface area contributed by atoms with Gasteiger partial charge in [0.05, 0.1) is 16.8 Å². The van der Waals surface area contributed by atoms with Gasteiger partial charge in [0.15, 0.2) is 16.3 Å². The first-order valence-electron chi connectivity index (χ1n) is 5.61. The molecule has 0 radical (unpaired) electrons. The first kappa shape index (κ1) is 11.8. The molecular formula is C13H10N2O3S. The zero-order valence-corrected chi connectivity index (χ0v) is 11.0. The number of rotatable bonds is 1. The van der Waals surface area contributed by atoms with E-state index in [9.17, 15) is 4.79 Å². The highest BCUT2D eigenvalue weighted by atomic mass is 32.1. The Labute approximate surface area is 113 Å². The number of benzene rings is 1. The quantitative estimate of drug-likeness (QED) is 0.741. The molecule has 0 bridgehead atoms. The minimum absolute atomic E-state index is 0.229. The lowest BCUT2D eigenvalue weighted by molar-refractivity contribution is -0.116. The summed E-state index contributed by atoms with van der Waals surface area (Å²) in [5, 5.41) is 0. The molecule has 1 aliphatic rings. The number of hydrogen-bond acceptors (Lipinski definition) is 4. The predicted octanol–water partition coefficient (Wildman–Crippen LogP) is 1.51. The van der Waals surface area contributed by atoms with E-state index in [1.165, 1.54) is 18.3 Å². The van der Waals surface area contributed by atoms with Crippen molar-refractivity contribution in [3.63, 3.8) is 0 Å². The number of carbonyl (C=O) groups excluding carboxylic acids is 1. The number of hydrogen-bond donors (Lipinski definition) is 0. The summed E-state index contributed by atoms with van der Waals surface area (Å²) in [5.74, 6) is 3.71. The number of amides is 1. The van der Waals surface area contributed by atoms with Gasteiger partial charge in [0.25, 0.3) is 0 Å². The molecule has 0 spiro atoms. The van der Waals surface area contributed by atoms with Gasteiger partial charge in [0.1, 0.15) is 0 Å². The van der Waals surface area contributed by atoms with Gasteiger partial charge in [0.2, 0.25) is 12.7 Å². The van der Waals surface area contributed by atoms with Crippen LogP contribution >= 0.6 is 11.3 Å². The number of aromatic nitrogens is 1. The summed E-state index contributed by atoms with van der Waals surface area (Å²) in [7, 11) is 0. The van der Waals surface area contributed by atoms with Crippen LogP contribution in [0.1, 0.15) is 6.92 Å². The monoisotopic (exact) mass is 274 g/mol. The molecule has 96 valence electrons. The van der Waals surface area contributed by atoms with Crippen LogP contribution < -0.4 is 14.3 Å². The van der Waals surface area contributed by atoms with Crippen molar-refractivity contribution >= 4 is 27.5 Å². The Kier molecular flexibility index (Phi) is 2.76. The van der Waals surface area contributed by atoms with Gasteiger partial charge >= 0.3 is 0 Å². The van der Waals surface area contributed by atoms with E-state index in [0.29, 0.717) is 22.8 Å². The molecule has 6 heteroatoms. The summed E-state index contributed by atoms with van der Waals surface area (Å²) in [6, 6.07) is 3.75. The van der Waals surface area contributed by atoms with Gasteiger partial charge in [-0.05, 0) is 0 Å². The molecule has 0 saturated heterocycles. The third-order valence-electron chi connectivity index (χ3n) is 2.68. The second-order valence-electron chi connectivity index (χ2n) is 3.98. The maximum Gasteiger partial charge on any atom is 0.245 e. The number of carbonyl (C=O) groups is 1. The van der Waals surface area contributed by atoms with Gasteiger partial charge in [-0.3, -0.25) is 4.79 Å². The van der Waals surface area contributed by atoms with E-state index in [1.807, 2.05) is 16.7 Å². The number of terminal acetylenes is 1. The zero-order chi connectivity index (χ0) is 13.4. The third-order valence-corrected chi connectivity index (χ3v) is 3.72. The van der Waals surface area contributed by atoms with Crippen molar-refractivity contribution in [3.8, 4) is 23.8 Å². The summed E-state index contributed by atoms with van der Waals surface area (Å²) in [5.41, 5.74) is 0.896. The molecule has 1 aromatic carbocycles. The maximum atomic E-state index is 11.2. The van der Waals surface area contributed by atoms with Gasteiger partial charge in [-0.1, -0.05) is 17.3 Å². The molecule has 0 unspecified atom stereocenters. The number of thiazole rings is 1. The van der Waals surface area contributed by atoms with Crippen molar-refractivity contribution < 1.29 is 14.3 Å². The summed E-state index contributed by atoms with van der Waals surface area (Å²) in [4.78, 5) is 15.7. The standard InChI is InChI=1S/C13H10N2O3S/c1-3-4-15-9-5-10-11(18-7-17-10)6-12(9)19-13(15)14-8(2)16/h1,5-6H,4,7H2,2H3. The van der Waals surface area contributed by atoms with Crippen LogP contribution in [0.25, 0.3) is 10.2 Å². The van der Waals surface area contributed by atoms with Crippen LogP contribution in [-0.2, 0) is 11.3 Å². The van der Waals surface area contributed by atoms with E-state index in [4.69, 9.17) is 15.9 Å². The minimum Gasteiger partial charge on any atom is -0.454 e. The molecule has 1 amide bonds. The molecule has 19 heavy (non-hydrogen) atoms. The van der Waals surface area contributed by atoms with Crippen molar-refractivity contribution in [2.75, 3.05) is 6.79 Å². The summed E-state index contributed by atoms with van der Waals surface area (Å²) in [6.45, 7) is 2.00. The van der Waals surface area contributed by atoms with Crippen LogP contribution in [0.4, 0.5) is 0 Å². The van der Waals surface area contributed by atoms with Gasteiger partial charge in [-0.25, -0.2) is 0 Å². The molecule has 5 nitrogen and oxygen atoms in total. The van der Waals surface area contributed by atoms with Crippen LogP contribution in [0, 0.1) is 12.3 Å². The molecule has 0 fully saturated rings. The predicted molar refractivity (Wildman–Crippen MR) is 71.0 cm³/mol. The Hall–Kier alpha value is -2.26. The summed E-state index contributed by atoms with van der Waals surface area (Å²) in [6.07, 6.45) is 5.37. The van der Waals surface area contributed by atoms with Crippen molar-refractivity contribution in [3.05, 3.63) is 16.9 Å². The van der Waals surface area contributed by atoms with Crippen molar-refractivity contribution in [2.24, 2.45) is 4.99 Å². The van der Waals surface area contributed by atoms with E-state index in [0.717, 1.165) is 10.2 Å². The highest BCUT2D eigenvalue weighted by molar-refractivity contribution is 7.16. The summed E-state index contributed by atoms with van der Waals surface area (Å²) >= 11 is 1.40. The fourth-order valence-corrected chi connectivity index (χ4v) is 3.01. The van der Waals surface area contributed by atoms with Crippen LogP contribution in [0.3, 0.4) is 0 Å². The minimum atomic E-state index is -0.252. The Morgan fingerprint density at radius 3 is 2.95 bits per heavy atom. The number of ether oxygens (including phenoxy) is 2. The number of fused-ring (bicyclic) bond motifs is 2. The second kappa shape index (κ2) is 4.44. The highest BCUT2D eigenvalue weighted by Gasteiger charge is 2.17. The Bertz CT molecular complexity index is 780. The number of nitrogens with zero attached hydrogens (tertiary/aromatic N) is 2. The Morgan fingerprint density at radius 1 is 1.53 bits per heavy atom. The second-order valence-corrected chi connectivity index (χ2v) is 4.99. The topological polar surface area (TPSA) is 52.8 Å².